The summed E-state index contributed by atoms with van der Waals surface area (Å²) in [5.74, 6) is 2.26. The van der Waals surface area contributed by atoms with Crippen LogP contribution in [0, 0.1) is 13.8 Å². The van der Waals surface area contributed by atoms with Crippen LogP contribution in [0.15, 0.2) is 8.94 Å². The first-order valence-corrected chi connectivity index (χ1v) is 6.42. The van der Waals surface area contributed by atoms with Crippen molar-refractivity contribution in [1.29, 1.82) is 0 Å². The second-order valence-electron chi connectivity index (χ2n) is 4.69. The highest BCUT2D eigenvalue weighted by atomic mass is 16.5. The van der Waals surface area contributed by atoms with Gasteiger partial charge in [-0.25, -0.2) is 4.98 Å². The van der Waals surface area contributed by atoms with Gasteiger partial charge in [0.25, 0.3) is 5.89 Å². The first-order chi connectivity index (χ1) is 9.22. The van der Waals surface area contributed by atoms with Gasteiger partial charge in [0.15, 0.2) is 11.7 Å². The number of piperazine rings is 1. The summed E-state index contributed by atoms with van der Waals surface area (Å²) in [5, 5.41) is 7.31. The Kier molecular flexibility index (Phi) is 3.31. The monoisotopic (exact) mass is 263 g/mol. The Balaban J connectivity index is 1.74. The third kappa shape index (κ3) is 2.66. The molecule has 0 spiro atoms. The lowest BCUT2D eigenvalue weighted by atomic mass is 10.3. The molecule has 1 aliphatic heterocycles. The lowest BCUT2D eigenvalue weighted by Gasteiger charge is -2.25. The molecule has 3 heterocycles. The topological polar surface area (TPSA) is 80.2 Å². The molecule has 1 saturated heterocycles. The Morgan fingerprint density at radius 2 is 2.00 bits per heavy atom. The Morgan fingerprint density at radius 3 is 2.68 bits per heavy atom. The smallest absolute Gasteiger partial charge is 0.295 e. The van der Waals surface area contributed by atoms with Gasteiger partial charge in [-0.2, -0.15) is 4.98 Å². The van der Waals surface area contributed by atoms with Crippen LogP contribution in [-0.2, 0) is 6.54 Å². The predicted molar refractivity (Wildman–Crippen MR) is 67.4 cm³/mol. The highest BCUT2D eigenvalue weighted by molar-refractivity contribution is 5.47. The van der Waals surface area contributed by atoms with Crippen LogP contribution in [0.3, 0.4) is 0 Å². The number of hydrogen-bond acceptors (Lipinski definition) is 7. The molecule has 7 heteroatoms. The van der Waals surface area contributed by atoms with Crippen LogP contribution < -0.4 is 5.32 Å². The Labute approximate surface area is 111 Å². The van der Waals surface area contributed by atoms with Crippen molar-refractivity contribution in [3.8, 4) is 11.7 Å². The number of rotatable bonds is 3. The van der Waals surface area contributed by atoms with Crippen molar-refractivity contribution in [2.45, 2.75) is 20.4 Å². The van der Waals surface area contributed by atoms with E-state index in [-0.39, 0.29) is 0 Å². The van der Waals surface area contributed by atoms with E-state index < -0.39 is 0 Å². The molecule has 0 amide bonds. The number of oxazole rings is 1. The summed E-state index contributed by atoms with van der Waals surface area (Å²) in [5.41, 5.74) is 0.773. The molecule has 19 heavy (non-hydrogen) atoms. The van der Waals surface area contributed by atoms with E-state index in [2.05, 4.69) is 25.3 Å². The molecule has 0 bridgehead atoms. The SMILES string of the molecule is Cc1nc(C)c(-c2nc(CN3CCNCC3)no2)o1. The summed E-state index contributed by atoms with van der Waals surface area (Å²) in [7, 11) is 0. The van der Waals surface area contributed by atoms with Gasteiger partial charge in [-0.1, -0.05) is 5.16 Å². The zero-order valence-corrected chi connectivity index (χ0v) is 11.1. The maximum absolute atomic E-state index is 5.47. The second-order valence-corrected chi connectivity index (χ2v) is 4.69. The van der Waals surface area contributed by atoms with E-state index in [1.54, 1.807) is 6.92 Å². The molecule has 102 valence electrons. The van der Waals surface area contributed by atoms with Crippen LogP contribution >= 0.6 is 0 Å². The third-order valence-electron chi connectivity index (χ3n) is 3.14. The van der Waals surface area contributed by atoms with E-state index in [1.165, 1.54) is 0 Å². The van der Waals surface area contributed by atoms with Gasteiger partial charge in [-0.15, -0.1) is 0 Å². The number of hydrogen-bond donors (Lipinski definition) is 1. The fourth-order valence-electron chi connectivity index (χ4n) is 2.21. The molecule has 2 aromatic heterocycles. The van der Waals surface area contributed by atoms with Gasteiger partial charge in [-0.05, 0) is 6.92 Å². The van der Waals surface area contributed by atoms with E-state index in [1.807, 2.05) is 6.92 Å². The minimum absolute atomic E-state index is 0.406. The fourth-order valence-corrected chi connectivity index (χ4v) is 2.21. The molecule has 0 atom stereocenters. The molecule has 1 fully saturated rings. The van der Waals surface area contributed by atoms with E-state index in [9.17, 15) is 0 Å². The minimum Gasteiger partial charge on any atom is -0.436 e. The molecule has 2 aromatic rings. The molecule has 0 unspecified atom stereocenters. The van der Waals surface area contributed by atoms with Crippen LogP contribution in [0.1, 0.15) is 17.4 Å². The molecular formula is C12H17N5O2. The summed E-state index contributed by atoms with van der Waals surface area (Å²) in [6, 6.07) is 0. The summed E-state index contributed by atoms with van der Waals surface area (Å²) >= 11 is 0. The average Bonchev–Trinajstić information content (AvgIpc) is 2.97. The first kappa shape index (κ1) is 12.3. The summed E-state index contributed by atoms with van der Waals surface area (Å²) in [6.45, 7) is 8.39. The Hall–Kier alpha value is -1.73. The molecule has 0 radical (unpaired) electrons. The zero-order chi connectivity index (χ0) is 13.2. The number of nitrogens with zero attached hydrogens (tertiary/aromatic N) is 4. The number of aromatic nitrogens is 3. The first-order valence-electron chi connectivity index (χ1n) is 6.42. The standard InChI is InChI=1S/C12H17N5O2/c1-8-11(18-9(2)14-8)12-15-10(16-19-12)7-17-5-3-13-4-6-17/h13H,3-7H2,1-2H3. The van der Waals surface area contributed by atoms with Crippen LogP contribution in [-0.4, -0.2) is 46.2 Å². The Morgan fingerprint density at radius 1 is 1.21 bits per heavy atom. The van der Waals surface area contributed by atoms with Crippen molar-refractivity contribution in [2.24, 2.45) is 0 Å². The van der Waals surface area contributed by atoms with Gasteiger partial charge < -0.3 is 14.3 Å². The van der Waals surface area contributed by atoms with Crippen molar-refractivity contribution < 1.29 is 8.94 Å². The highest BCUT2D eigenvalue weighted by Crippen LogP contribution is 2.22. The molecule has 0 aromatic carbocycles. The van der Waals surface area contributed by atoms with Gasteiger partial charge in [0.05, 0.1) is 12.2 Å². The van der Waals surface area contributed by atoms with Gasteiger partial charge in [0.2, 0.25) is 5.76 Å². The van der Waals surface area contributed by atoms with E-state index in [0.717, 1.165) is 31.9 Å². The number of nitrogens with one attached hydrogen (secondary N) is 1. The minimum atomic E-state index is 0.406. The summed E-state index contributed by atoms with van der Waals surface area (Å²) in [6.07, 6.45) is 0. The van der Waals surface area contributed by atoms with Crippen molar-refractivity contribution >= 4 is 0 Å². The van der Waals surface area contributed by atoms with E-state index in [0.29, 0.717) is 29.9 Å². The lowest BCUT2D eigenvalue weighted by Crippen LogP contribution is -2.43. The van der Waals surface area contributed by atoms with Crippen molar-refractivity contribution in [3.05, 3.63) is 17.4 Å². The molecule has 3 rings (SSSR count). The van der Waals surface area contributed by atoms with E-state index in [4.69, 9.17) is 8.94 Å². The lowest BCUT2D eigenvalue weighted by molar-refractivity contribution is 0.225. The molecule has 7 nitrogen and oxygen atoms in total. The quantitative estimate of drug-likeness (QED) is 0.875. The largest absolute Gasteiger partial charge is 0.436 e. The van der Waals surface area contributed by atoms with Gasteiger partial charge >= 0.3 is 0 Å². The second kappa shape index (κ2) is 5.10. The van der Waals surface area contributed by atoms with Gasteiger partial charge in [0, 0.05) is 33.1 Å². The van der Waals surface area contributed by atoms with Crippen LogP contribution in [0.25, 0.3) is 11.7 Å². The highest BCUT2D eigenvalue weighted by Gasteiger charge is 2.19. The Bertz CT molecular complexity index is 556. The predicted octanol–water partition coefficient (Wildman–Crippen LogP) is 0.747. The van der Waals surface area contributed by atoms with Crippen molar-refractivity contribution in [3.63, 3.8) is 0 Å². The van der Waals surface area contributed by atoms with Gasteiger partial charge in [0.1, 0.15) is 0 Å². The molecule has 1 aliphatic rings. The molecule has 0 aliphatic carbocycles. The maximum atomic E-state index is 5.47. The number of aryl methyl sites for hydroxylation is 2. The average molecular weight is 263 g/mol. The van der Waals surface area contributed by atoms with Gasteiger partial charge in [-0.3, -0.25) is 4.90 Å². The molecular weight excluding hydrogens is 246 g/mol. The fraction of sp³-hybridized carbons (Fsp3) is 0.583. The van der Waals surface area contributed by atoms with Crippen molar-refractivity contribution in [2.75, 3.05) is 26.2 Å². The molecule has 1 N–H and O–H groups in total. The van der Waals surface area contributed by atoms with Crippen LogP contribution in [0.5, 0.6) is 0 Å². The third-order valence-corrected chi connectivity index (χ3v) is 3.14. The van der Waals surface area contributed by atoms with E-state index >= 15 is 0 Å². The maximum Gasteiger partial charge on any atom is 0.295 e. The normalized spacial score (nSPS) is 16.9. The summed E-state index contributed by atoms with van der Waals surface area (Å²) in [4.78, 5) is 10.9. The van der Waals surface area contributed by atoms with Crippen LogP contribution in [0.2, 0.25) is 0 Å². The van der Waals surface area contributed by atoms with Crippen molar-refractivity contribution in [1.82, 2.24) is 25.3 Å². The molecule has 0 saturated carbocycles. The summed E-state index contributed by atoms with van der Waals surface area (Å²) < 4.78 is 10.7. The zero-order valence-electron chi connectivity index (χ0n) is 11.1. The van der Waals surface area contributed by atoms with Crippen LogP contribution in [0.4, 0.5) is 0 Å².